The molecule has 0 atom stereocenters. The van der Waals surface area contributed by atoms with Crippen molar-refractivity contribution in [2.24, 2.45) is 0 Å². The van der Waals surface area contributed by atoms with Gasteiger partial charge in [0.25, 0.3) is 5.91 Å². The van der Waals surface area contributed by atoms with E-state index in [1.807, 2.05) is 10.9 Å². The van der Waals surface area contributed by atoms with Crippen LogP contribution in [0.1, 0.15) is 31.1 Å². The average molecular weight is 289 g/mol. The molecule has 0 aromatic heterocycles. The Labute approximate surface area is 115 Å². The first-order valence-electron chi connectivity index (χ1n) is 5.44. The fraction of sp³-hybridized carbons (Fsp3) is 0.333. The Morgan fingerprint density at radius 2 is 1.89 bits per heavy atom. The molecule has 19 heavy (non-hydrogen) atoms. The first-order valence-corrected chi connectivity index (χ1v) is 5.82. The van der Waals surface area contributed by atoms with E-state index in [2.05, 4.69) is 0 Å². The van der Waals surface area contributed by atoms with Crippen LogP contribution < -0.4 is 10.9 Å². The van der Waals surface area contributed by atoms with Crippen molar-refractivity contribution in [3.05, 3.63) is 34.6 Å². The monoisotopic (exact) mass is 288 g/mol. The third-order valence-corrected chi connectivity index (χ3v) is 2.17. The van der Waals surface area contributed by atoms with Crippen LogP contribution in [0.3, 0.4) is 0 Å². The molecule has 0 unspecified atom stereocenters. The van der Waals surface area contributed by atoms with Gasteiger partial charge in [-0.15, -0.1) is 0 Å². The van der Waals surface area contributed by atoms with Crippen molar-refractivity contribution in [3.63, 3.8) is 0 Å². The number of nitrogens with one attached hydrogen (secondary N) is 2. The molecule has 0 aliphatic heterocycles. The lowest BCUT2D eigenvalue weighted by Crippen LogP contribution is -2.44. The van der Waals surface area contributed by atoms with Crippen LogP contribution in [-0.4, -0.2) is 17.6 Å². The van der Waals surface area contributed by atoms with Crippen molar-refractivity contribution in [1.29, 1.82) is 0 Å². The number of rotatable bonds is 1. The Hall–Kier alpha value is -1.82. The number of hydrogen-bond donors (Lipinski definition) is 2. The van der Waals surface area contributed by atoms with Gasteiger partial charge in [-0.05, 0) is 32.9 Å². The van der Waals surface area contributed by atoms with Crippen LogP contribution in [0.5, 0.6) is 0 Å². The summed E-state index contributed by atoms with van der Waals surface area (Å²) >= 11 is 5.54. The quantitative estimate of drug-likeness (QED) is 0.781. The largest absolute Gasteiger partial charge is 0.443 e. The van der Waals surface area contributed by atoms with Crippen molar-refractivity contribution >= 4 is 23.6 Å². The van der Waals surface area contributed by atoms with E-state index in [0.717, 1.165) is 0 Å². The number of benzene rings is 1. The zero-order valence-corrected chi connectivity index (χ0v) is 11.5. The van der Waals surface area contributed by atoms with Gasteiger partial charge in [0, 0.05) is 0 Å². The molecule has 7 heteroatoms. The minimum absolute atomic E-state index is 0.176. The summed E-state index contributed by atoms with van der Waals surface area (Å²) in [6.45, 7) is 5.01. The summed E-state index contributed by atoms with van der Waals surface area (Å²) in [6, 6.07) is 3.98. The molecule has 0 radical (unpaired) electrons. The maximum absolute atomic E-state index is 13.5. The van der Waals surface area contributed by atoms with E-state index in [0.29, 0.717) is 0 Å². The number of carbonyl (C=O) groups is 2. The van der Waals surface area contributed by atoms with Crippen LogP contribution in [0.4, 0.5) is 9.18 Å². The van der Waals surface area contributed by atoms with Gasteiger partial charge < -0.3 is 4.74 Å². The number of hydrogen-bond acceptors (Lipinski definition) is 3. The lowest BCUT2D eigenvalue weighted by Gasteiger charge is -2.19. The first-order chi connectivity index (χ1) is 8.70. The summed E-state index contributed by atoms with van der Waals surface area (Å²) in [7, 11) is 0. The highest BCUT2D eigenvalue weighted by molar-refractivity contribution is 6.31. The third kappa shape index (κ3) is 4.75. The molecule has 5 nitrogen and oxygen atoms in total. The van der Waals surface area contributed by atoms with Crippen LogP contribution in [0, 0.1) is 5.82 Å². The number of ether oxygens (including phenoxy) is 1. The molecule has 0 saturated carbocycles. The zero-order valence-electron chi connectivity index (χ0n) is 10.7. The van der Waals surface area contributed by atoms with E-state index in [9.17, 15) is 14.0 Å². The minimum atomic E-state index is -0.854. The summed E-state index contributed by atoms with van der Waals surface area (Å²) in [6.07, 6.45) is -0.844. The zero-order chi connectivity index (χ0) is 14.6. The Morgan fingerprint density at radius 3 is 2.47 bits per heavy atom. The predicted molar refractivity (Wildman–Crippen MR) is 68.2 cm³/mol. The summed E-state index contributed by atoms with van der Waals surface area (Å²) < 4.78 is 18.4. The van der Waals surface area contributed by atoms with Gasteiger partial charge in [0.1, 0.15) is 5.60 Å². The normalized spacial score (nSPS) is 10.8. The predicted octanol–water partition coefficient (Wildman–Crippen LogP) is 2.65. The standard InChI is InChI=1S/C12H14ClFN2O3/c1-12(2,3)19-11(18)16-15-10(17)7-5-4-6-8(13)9(7)14/h4-6H,1-3H3,(H,15,17)(H,16,18). The smallest absolute Gasteiger partial charge is 0.426 e. The minimum Gasteiger partial charge on any atom is -0.443 e. The molecular formula is C12H14ClFN2O3. The van der Waals surface area contributed by atoms with E-state index in [1.165, 1.54) is 18.2 Å². The SMILES string of the molecule is CC(C)(C)OC(=O)NNC(=O)c1cccc(Cl)c1F. The summed E-state index contributed by atoms with van der Waals surface area (Å²) in [5, 5.41) is -0.176. The van der Waals surface area contributed by atoms with Gasteiger partial charge in [-0.3, -0.25) is 10.2 Å². The molecule has 1 aromatic rings. The molecule has 0 fully saturated rings. The first kappa shape index (κ1) is 15.2. The van der Waals surface area contributed by atoms with E-state index in [4.69, 9.17) is 16.3 Å². The molecule has 0 aliphatic rings. The highest BCUT2D eigenvalue weighted by Gasteiger charge is 2.18. The number of carbonyl (C=O) groups excluding carboxylic acids is 2. The number of hydrazine groups is 1. The van der Waals surface area contributed by atoms with Crippen LogP contribution in [-0.2, 0) is 4.74 Å². The lowest BCUT2D eigenvalue weighted by molar-refractivity contribution is 0.0483. The van der Waals surface area contributed by atoms with E-state index < -0.39 is 23.4 Å². The Bertz CT molecular complexity index is 500. The van der Waals surface area contributed by atoms with Crippen molar-refractivity contribution in [3.8, 4) is 0 Å². The van der Waals surface area contributed by atoms with Crippen molar-refractivity contribution in [2.45, 2.75) is 26.4 Å². The van der Waals surface area contributed by atoms with Crippen LogP contribution >= 0.6 is 11.6 Å². The highest BCUT2D eigenvalue weighted by atomic mass is 35.5. The second-order valence-electron chi connectivity index (χ2n) is 4.68. The molecule has 2 amide bonds. The highest BCUT2D eigenvalue weighted by Crippen LogP contribution is 2.17. The maximum Gasteiger partial charge on any atom is 0.426 e. The molecule has 1 aromatic carbocycles. The van der Waals surface area contributed by atoms with Gasteiger partial charge in [0.2, 0.25) is 0 Å². The molecule has 104 valence electrons. The molecule has 0 spiro atoms. The van der Waals surface area contributed by atoms with Crippen LogP contribution in [0.25, 0.3) is 0 Å². The van der Waals surface area contributed by atoms with Gasteiger partial charge in [-0.25, -0.2) is 14.6 Å². The second kappa shape index (κ2) is 5.88. The average Bonchev–Trinajstić information content (AvgIpc) is 2.27. The third-order valence-electron chi connectivity index (χ3n) is 1.87. The number of amides is 2. The Morgan fingerprint density at radius 1 is 1.26 bits per heavy atom. The van der Waals surface area contributed by atoms with Crippen molar-refractivity contribution in [1.82, 2.24) is 10.9 Å². The Kier molecular flexibility index (Phi) is 4.72. The molecule has 0 bridgehead atoms. The van der Waals surface area contributed by atoms with Gasteiger partial charge >= 0.3 is 6.09 Å². The van der Waals surface area contributed by atoms with Crippen LogP contribution in [0.15, 0.2) is 18.2 Å². The molecule has 0 saturated heterocycles. The number of halogens is 2. The summed E-state index contributed by atoms with van der Waals surface area (Å²) in [5.41, 5.74) is 3.07. The van der Waals surface area contributed by atoms with E-state index >= 15 is 0 Å². The summed E-state index contributed by atoms with van der Waals surface area (Å²) in [4.78, 5) is 22.9. The van der Waals surface area contributed by atoms with Gasteiger partial charge in [-0.2, -0.15) is 0 Å². The van der Waals surface area contributed by atoms with Gasteiger partial charge in [0.15, 0.2) is 5.82 Å². The molecule has 0 aliphatic carbocycles. The van der Waals surface area contributed by atoms with Gasteiger partial charge in [0.05, 0.1) is 10.6 Å². The van der Waals surface area contributed by atoms with Crippen molar-refractivity contribution < 1.29 is 18.7 Å². The fourth-order valence-corrected chi connectivity index (χ4v) is 1.33. The second-order valence-corrected chi connectivity index (χ2v) is 5.09. The van der Waals surface area contributed by atoms with Crippen molar-refractivity contribution in [2.75, 3.05) is 0 Å². The maximum atomic E-state index is 13.5. The van der Waals surface area contributed by atoms with E-state index in [1.54, 1.807) is 20.8 Å². The Balaban J connectivity index is 2.61. The molecular weight excluding hydrogens is 275 g/mol. The molecule has 0 heterocycles. The molecule has 1 rings (SSSR count). The molecule has 2 N–H and O–H groups in total. The fourth-order valence-electron chi connectivity index (χ4n) is 1.16. The van der Waals surface area contributed by atoms with Gasteiger partial charge in [-0.1, -0.05) is 17.7 Å². The topological polar surface area (TPSA) is 67.4 Å². The van der Waals surface area contributed by atoms with E-state index in [-0.39, 0.29) is 10.6 Å². The lowest BCUT2D eigenvalue weighted by atomic mass is 10.2. The van der Waals surface area contributed by atoms with Crippen LogP contribution in [0.2, 0.25) is 5.02 Å². The summed E-state index contributed by atoms with van der Waals surface area (Å²) in [5.74, 6) is -1.68.